The summed E-state index contributed by atoms with van der Waals surface area (Å²) in [5, 5.41) is 32.0. The van der Waals surface area contributed by atoms with Crippen LogP contribution in [0.25, 0.3) is 43.9 Å². The predicted octanol–water partition coefficient (Wildman–Crippen LogP) is 4.44. The number of rotatable bonds is 6. The van der Waals surface area contributed by atoms with Gasteiger partial charge in [-0.05, 0) is 59.7 Å². The maximum Gasteiger partial charge on any atom is 1.00 e. The second-order valence-corrected chi connectivity index (χ2v) is 12.7. The van der Waals surface area contributed by atoms with Crippen LogP contribution in [0.3, 0.4) is 0 Å². The fourth-order valence-corrected chi connectivity index (χ4v) is 6.52. The number of esters is 1. The molecule has 6 aromatic heterocycles. The maximum absolute atomic E-state index is 12.2. The zero-order valence-corrected chi connectivity index (χ0v) is 31.1. The molecular weight excluding hydrogens is 766 g/mol. The third kappa shape index (κ3) is 9.05. The van der Waals surface area contributed by atoms with Gasteiger partial charge in [-0.3, -0.25) is 9.97 Å². The molecule has 14 nitrogen and oxygen atoms in total. The Morgan fingerprint density at radius 1 is 0.737 bits per heavy atom. The number of carboxylic acid groups (broad SMARTS) is 1. The number of halogens is 2. The summed E-state index contributed by atoms with van der Waals surface area (Å²) < 4.78 is 8.44. The van der Waals surface area contributed by atoms with Crippen LogP contribution in [0, 0.1) is 22.7 Å². The van der Waals surface area contributed by atoms with Gasteiger partial charge in [0.1, 0.15) is 11.3 Å². The molecule has 0 fully saturated rings. The first-order chi connectivity index (χ1) is 25.7. The maximum atomic E-state index is 12.2. The number of fused-ring (bicyclic) bond motifs is 4. The molecule has 2 aromatic carbocycles. The molecule has 0 atom stereocenters. The number of carbonyl (C=O) groups is 2. The van der Waals surface area contributed by atoms with E-state index in [1.807, 2.05) is 59.2 Å². The number of hydrogen-bond donors (Lipinski definition) is 1. The number of pyridine rings is 4. The van der Waals surface area contributed by atoms with Crippen LogP contribution in [0.2, 0.25) is 10.0 Å². The van der Waals surface area contributed by atoms with Crippen molar-refractivity contribution in [2.45, 2.75) is 20.5 Å². The molecule has 0 saturated heterocycles. The fraction of sp³-hybridized carbons (Fsp3) is 0.100. The van der Waals surface area contributed by atoms with Gasteiger partial charge in [-0.2, -0.15) is 10.5 Å². The van der Waals surface area contributed by atoms with E-state index in [4.69, 9.17) is 27.9 Å². The van der Waals surface area contributed by atoms with Crippen molar-refractivity contribution in [2.24, 2.45) is 0 Å². The minimum Gasteiger partial charge on any atom is -0.870 e. The molecule has 0 aliphatic carbocycles. The number of ether oxygens (including phenoxy) is 1. The molecule has 0 unspecified atom stereocenters. The van der Waals surface area contributed by atoms with Gasteiger partial charge in [-0.25, -0.2) is 19.6 Å². The van der Waals surface area contributed by atoms with Gasteiger partial charge in [0.05, 0.1) is 73.4 Å². The number of aromatic carboxylic acids is 1. The quantitative estimate of drug-likeness (QED) is 0.182. The second-order valence-electron chi connectivity index (χ2n) is 11.8. The van der Waals surface area contributed by atoms with E-state index in [0.29, 0.717) is 61.9 Å². The molecular formula is C40H31Cl2LiN8O6. The molecule has 4 N–H and O–H groups in total. The average Bonchev–Trinajstić information content (AvgIpc) is 3.73. The van der Waals surface area contributed by atoms with Crippen LogP contribution < -0.4 is 18.9 Å². The number of hydrogen-bond acceptors (Lipinski definition) is 10. The van der Waals surface area contributed by atoms with Gasteiger partial charge in [-0.1, -0.05) is 42.8 Å². The van der Waals surface area contributed by atoms with Gasteiger partial charge in [0.25, 0.3) is 0 Å². The molecule has 6 heterocycles. The van der Waals surface area contributed by atoms with Crippen LogP contribution in [-0.4, -0.2) is 64.2 Å². The van der Waals surface area contributed by atoms with Crippen molar-refractivity contribution < 1.29 is 49.2 Å². The van der Waals surface area contributed by atoms with E-state index in [1.165, 1.54) is 25.6 Å². The number of benzene rings is 2. The fourth-order valence-electron chi connectivity index (χ4n) is 6.18. The van der Waals surface area contributed by atoms with Gasteiger partial charge in [0.15, 0.2) is 0 Å². The summed E-state index contributed by atoms with van der Waals surface area (Å²) in [5.41, 5.74) is 5.69. The first kappa shape index (κ1) is 45.0. The summed E-state index contributed by atoms with van der Waals surface area (Å²) >= 11 is 12.0. The van der Waals surface area contributed by atoms with Crippen molar-refractivity contribution >= 4 is 79.0 Å². The molecule has 57 heavy (non-hydrogen) atoms. The second kappa shape index (κ2) is 19.0. The summed E-state index contributed by atoms with van der Waals surface area (Å²) in [5.74, 6) is -1.59. The topological polar surface area (TPSA) is 234 Å². The summed E-state index contributed by atoms with van der Waals surface area (Å²) in [6.07, 6.45) is 9.45. The van der Waals surface area contributed by atoms with E-state index < -0.39 is 11.9 Å². The zero-order chi connectivity index (χ0) is 37.2. The minimum absolute atomic E-state index is 0. The molecule has 0 aliphatic heterocycles. The Morgan fingerprint density at radius 3 is 1.60 bits per heavy atom. The molecule has 0 radical (unpaired) electrons. The third-order valence-corrected chi connectivity index (χ3v) is 8.94. The molecule has 0 bridgehead atoms. The molecule has 8 aromatic rings. The van der Waals surface area contributed by atoms with E-state index in [-0.39, 0.29) is 42.8 Å². The van der Waals surface area contributed by atoms with Crippen molar-refractivity contribution in [3.63, 3.8) is 0 Å². The third-order valence-electron chi connectivity index (χ3n) is 8.52. The largest absolute Gasteiger partial charge is 1.00 e. The van der Waals surface area contributed by atoms with Gasteiger partial charge in [0.2, 0.25) is 0 Å². The Bertz CT molecular complexity index is 2870. The van der Waals surface area contributed by atoms with Gasteiger partial charge in [0, 0.05) is 61.0 Å². The van der Waals surface area contributed by atoms with E-state index in [1.54, 1.807) is 35.4 Å². The Morgan fingerprint density at radius 2 is 1.18 bits per heavy atom. The number of aromatic nitrogens is 6. The van der Waals surface area contributed by atoms with Crippen LogP contribution in [0.15, 0.2) is 97.8 Å². The monoisotopic (exact) mass is 796 g/mol. The van der Waals surface area contributed by atoms with Crippen molar-refractivity contribution in [3.8, 4) is 12.1 Å². The van der Waals surface area contributed by atoms with Gasteiger partial charge in [-0.15, -0.1) is 0 Å². The molecule has 282 valence electrons. The van der Waals surface area contributed by atoms with Gasteiger partial charge >= 0.3 is 30.8 Å². The number of carbonyl (C=O) groups excluding carboxylic acids is 1. The van der Waals surface area contributed by atoms with E-state index >= 15 is 0 Å². The summed E-state index contributed by atoms with van der Waals surface area (Å²) in [6.45, 7) is 0.881. The standard InChI is InChI=1S/C20H13ClN4O2.C19H11ClN4O2.CH4.Li.2H2O/c1-27-20(26)16-11-25(19-18(16)13(8-22)4-5-23-19)10-12-2-3-17-14(6-12)7-15(21)9-24-17;20-14-6-13-5-11(1-2-16(13)23-8-14)9-24-10-15(19(25)26)17-12(7-21)3-4-22-18(17)24;;;;/h2-7,9,11H,10H2,1H3;1-6,8,10H,9H2,(H,25,26);1H4;;2*1H2/q;;;+1;;/p-1. The number of methoxy groups -OCH3 is 1. The minimum atomic E-state index is -1.09. The van der Waals surface area contributed by atoms with Crippen LogP contribution in [0.1, 0.15) is 50.4 Å². The van der Waals surface area contributed by atoms with E-state index in [2.05, 4.69) is 26.0 Å². The van der Waals surface area contributed by atoms with Crippen molar-refractivity contribution in [1.82, 2.24) is 29.1 Å². The van der Waals surface area contributed by atoms with Gasteiger partial charge < -0.3 is 29.9 Å². The predicted molar refractivity (Wildman–Crippen MR) is 211 cm³/mol. The van der Waals surface area contributed by atoms with Crippen LogP contribution in [0.5, 0.6) is 0 Å². The number of nitriles is 2. The molecule has 8 rings (SSSR count). The van der Waals surface area contributed by atoms with Crippen LogP contribution in [0.4, 0.5) is 0 Å². The number of carboxylic acids is 1. The number of nitrogens with zero attached hydrogens (tertiary/aromatic N) is 8. The van der Waals surface area contributed by atoms with Crippen molar-refractivity contribution in [1.29, 1.82) is 10.5 Å². The molecule has 0 saturated carbocycles. The van der Waals surface area contributed by atoms with Crippen LogP contribution >= 0.6 is 23.2 Å². The molecule has 0 spiro atoms. The average molecular weight is 798 g/mol. The smallest absolute Gasteiger partial charge is 0.870 e. The Balaban J connectivity index is 0.000000285. The van der Waals surface area contributed by atoms with E-state index in [9.17, 15) is 25.2 Å². The molecule has 0 amide bonds. The zero-order valence-electron chi connectivity index (χ0n) is 29.6. The Kier molecular flexibility index (Phi) is 15.0. The first-order valence-electron chi connectivity index (χ1n) is 15.8. The summed E-state index contributed by atoms with van der Waals surface area (Å²) in [6, 6.07) is 22.6. The SMILES string of the molecule is C.COC(=O)c1cn(Cc2ccc3ncc(Cl)cc3c2)c2nccc(C#N)c12.N#Cc1ccnc2c1c(C(=O)O)cn2Cc1ccc2ncc(Cl)cc2c1.O.[Li+].[OH-]. The van der Waals surface area contributed by atoms with Crippen molar-refractivity contribution in [2.75, 3.05) is 7.11 Å². The van der Waals surface area contributed by atoms with E-state index in [0.717, 1.165) is 32.9 Å². The summed E-state index contributed by atoms with van der Waals surface area (Å²) in [7, 11) is 1.31. The Labute approximate surface area is 347 Å². The van der Waals surface area contributed by atoms with Crippen molar-refractivity contribution in [3.05, 3.63) is 141 Å². The first-order valence-corrected chi connectivity index (χ1v) is 16.6. The van der Waals surface area contributed by atoms with Crippen LogP contribution in [-0.2, 0) is 17.8 Å². The normalized spacial score (nSPS) is 10.1. The molecule has 0 aliphatic rings. The molecule has 17 heteroatoms. The Hall–Kier alpha value is -6.34. The summed E-state index contributed by atoms with van der Waals surface area (Å²) in [4.78, 5) is 41.0.